The van der Waals surface area contributed by atoms with Crippen LogP contribution in [0.5, 0.6) is 5.75 Å². The second-order valence-electron chi connectivity index (χ2n) is 14.9. The second-order valence-corrected chi connectivity index (χ2v) is 14.9. The van der Waals surface area contributed by atoms with Crippen LogP contribution in [0.15, 0.2) is 60.7 Å². The topological polar surface area (TPSA) is 41.6 Å². The lowest BCUT2D eigenvalue weighted by molar-refractivity contribution is -0.137. The number of nitrogens with one attached hydrogen (secondary N) is 1. The van der Waals surface area contributed by atoms with E-state index in [0.717, 1.165) is 47.5 Å². The fraction of sp³-hybridized carbons (Fsp3) is 0.537. The fourth-order valence-electron chi connectivity index (χ4n) is 5.74. The lowest BCUT2D eigenvalue weighted by Gasteiger charge is -2.30. The van der Waals surface area contributed by atoms with Crippen LogP contribution in [0.25, 0.3) is 0 Å². The van der Waals surface area contributed by atoms with Gasteiger partial charge in [-0.1, -0.05) is 112 Å². The summed E-state index contributed by atoms with van der Waals surface area (Å²) in [6.07, 6.45) is -1.01. The van der Waals surface area contributed by atoms with Crippen LogP contribution in [0.3, 0.4) is 0 Å². The first-order chi connectivity index (χ1) is 22.4. The average Bonchev–Trinajstić information content (AvgIpc) is 3.03. The highest BCUT2D eigenvalue weighted by Gasteiger charge is 2.30. The Morgan fingerprint density at radius 3 is 1.88 bits per heavy atom. The molecule has 48 heavy (non-hydrogen) atoms. The van der Waals surface area contributed by atoms with Gasteiger partial charge in [0, 0.05) is 24.3 Å². The molecule has 4 nitrogen and oxygen atoms in total. The highest BCUT2D eigenvalue weighted by atomic mass is 19.4. The number of carbonyl (C=O) groups excluding carboxylic acids is 1. The summed E-state index contributed by atoms with van der Waals surface area (Å²) in [5.74, 6) is 1.29. The first-order valence-corrected chi connectivity index (χ1v) is 17.5. The van der Waals surface area contributed by atoms with E-state index in [1.165, 1.54) is 23.3 Å². The van der Waals surface area contributed by atoms with Crippen molar-refractivity contribution in [3.63, 3.8) is 0 Å². The molecule has 0 saturated heterocycles. The van der Waals surface area contributed by atoms with Crippen LogP contribution in [0.2, 0.25) is 0 Å². The van der Waals surface area contributed by atoms with E-state index in [0.29, 0.717) is 31.6 Å². The molecule has 0 aliphatic carbocycles. The van der Waals surface area contributed by atoms with Crippen molar-refractivity contribution in [3.8, 4) is 5.75 Å². The molecule has 0 unspecified atom stereocenters. The van der Waals surface area contributed by atoms with Crippen molar-refractivity contribution in [2.45, 2.75) is 130 Å². The van der Waals surface area contributed by atoms with E-state index in [2.05, 4.69) is 92.8 Å². The molecule has 3 aromatic rings. The van der Waals surface area contributed by atoms with E-state index in [-0.39, 0.29) is 35.2 Å². The van der Waals surface area contributed by atoms with E-state index in [1.807, 2.05) is 18.2 Å². The van der Waals surface area contributed by atoms with Crippen LogP contribution in [-0.4, -0.2) is 24.1 Å². The number of ether oxygens (including phenoxy) is 1. The third-order valence-electron chi connectivity index (χ3n) is 9.88. The zero-order chi connectivity index (χ0) is 35.9. The summed E-state index contributed by atoms with van der Waals surface area (Å²) >= 11 is 0. The number of urea groups is 1. The van der Waals surface area contributed by atoms with Crippen LogP contribution in [-0.2, 0) is 23.6 Å². The quantitative estimate of drug-likeness (QED) is 0.164. The number of para-hydroxylation sites is 1. The number of benzene rings is 3. The molecule has 0 fully saturated rings. The molecule has 7 heteroatoms. The van der Waals surface area contributed by atoms with Gasteiger partial charge >= 0.3 is 12.2 Å². The maximum absolute atomic E-state index is 13.9. The van der Waals surface area contributed by atoms with Crippen LogP contribution < -0.4 is 10.1 Å². The Hall–Kier alpha value is -3.48. The fourth-order valence-corrected chi connectivity index (χ4v) is 5.74. The third-order valence-corrected chi connectivity index (χ3v) is 9.88. The smallest absolute Gasteiger partial charge is 0.416 e. The molecule has 0 aromatic heterocycles. The molecule has 0 radical (unpaired) electrons. The van der Waals surface area contributed by atoms with Gasteiger partial charge in [0.05, 0.1) is 12.2 Å². The minimum absolute atomic E-state index is 0.0488. The van der Waals surface area contributed by atoms with E-state index in [9.17, 15) is 18.0 Å². The highest BCUT2D eigenvalue weighted by Crippen LogP contribution is 2.39. The number of nitrogens with zero attached hydrogens (tertiary/aromatic N) is 1. The monoisotopic (exact) mass is 666 g/mol. The molecule has 0 aliphatic heterocycles. The second kappa shape index (κ2) is 16.3. The van der Waals surface area contributed by atoms with Crippen molar-refractivity contribution in [2.24, 2.45) is 0 Å². The first kappa shape index (κ1) is 39.0. The minimum atomic E-state index is -4.41. The predicted molar refractivity (Wildman–Crippen MR) is 193 cm³/mol. The van der Waals surface area contributed by atoms with Crippen LogP contribution in [0.4, 0.5) is 23.7 Å². The third kappa shape index (κ3) is 10.0. The van der Waals surface area contributed by atoms with Gasteiger partial charge in [0.25, 0.3) is 0 Å². The molecule has 0 spiro atoms. The number of anilines is 1. The number of unbranched alkanes of at least 4 members (excludes halogenated alkanes) is 1. The number of hydrogen-bond acceptors (Lipinski definition) is 2. The van der Waals surface area contributed by atoms with Gasteiger partial charge in [-0.3, -0.25) is 0 Å². The Morgan fingerprint density at radius 2 is 1.35 bits per heavy atom. The maximum Gasteiger partial charge on any atom is 0.416 e. The number of hydrogen-bond donors (Lipinski definition) is 1. The van der Waals surface area contributed by atoms with Crippen molar-refractivity contribution >= 4 is 11.7 Å². The first-order valence-electron chi connectivity index (χ1n) is 17.5. The Labute approximate surface area is 287 Å². The SMILES string of the molecule is CCC(C)(C)c1ccc(OCCCCN(Cc2ccc(C(F)(F)F)cc2)C(=O)Nc2c(C(C)C)cccc2C(C)C)c(C(C)(C)CC)c1. The van der Waals surface area contributed by atoms with Crippen LogP contribution in [0, 0.1) is 0 Å². The normalized spacial score (nSPS) is 12.5. The van der Waals surface area contributed by atoms with Crippen molar-refractivity contribution < 1.29 is 22.7 Å². The van der Waals surface area contributed by atoms with Gasteiger partial charge in [0.15, 0.2) is 0 Å². The summed E-state index contributed by atoms with van der Waals surface area (Å²) < 4.78 is 46.1. The molecule has 1 N–H and O–H groups in total. The summed E-state index contributed by atoms with van der Waals surface area (Å²) in [6, 6.07) is 17.5. The van der Waals surface area contributed by atoms with E-state index in [4.69, 9.17) is 4.74 Å². The average molecular weight is 667 g/mol. The number of rotatable bonds is 15. The van der Waals surface area contributed by atoms with Gasteiger partial charge in [-0.05, 0) is 88.8 Å². The van der Waals surface area contributed by atoms with Crippen molar-refractivity contribution in [1.82, 2.24) is 4.90 Å². The largest absolute Gasteiger partial charge is 0.493 e. The van der Waals surface area contributed by atoms with Crippen LogP contribution >= 0.6 is 0 Å². The predicted octanol–water partition coefficient (Wildman–Crippen LogP) is 12.2. The molecule has 264 valence electrons. The molecule has 3 aromatic carbocycles. The molecule has 0 bridgehead atoms. The number of amides is 2. The lowest BCUT2D eigenvalue weighted by Crippen LogP contribution is -2.36. The zero-order valence-corrected chi connectivity index (χ0v) is 30.8. The van der Waals surface area contributed by atoms with E-state index < -0.39 is 11.7 Å². The summed E-state index contributed by atoms with van der Waals surface area (Å²) in [4.78, 5) is 15.6. The van der Waals surface area contributed by atoms with Crippen molar-refractivity contribution in [2.75, 3.05) is 18.5 Å². The van der Waals surface area contributed by atoms with E-state index >= 15 is 0 Å². The Bertz CT molecular complexity index is 1460. The Morgan fingerprint density at radius 1 is 0.792 bits per heavy atom. The van der Waals surface area contributed by atoms with Gasteiger partial charge in [0.2, 0.25) is 0 Å². The summed E-state index contributed by atoms with van der Waals surface area (Å²) in [5, 5.41) is 3.19. The zero-order valence-electron chi connectivity index (χ0n) is 30.8. The van der Waals surface area contributed by atoms with Gasteiger partial charge in [-0.25, -0.2) is 4.79 Å². The van der Waals surface area contributed by atoms with Crippen molar-refractivity contribution in [3.05, 3.63) is 94.0 Å². The number of halogens is 3. The molecule has 0 aliphatic rings. The molecule has 2 amide bonds. The van der Waals surface area contributed by atoms with Gasteiger partial charge < -0.3 is 15.0 Å². The minimum Gasteiger partial charge on any atom is -0.493 e. The standard InChI is InChI=1S/C41H57F3N2O2/c1-11-39(7,8)32-22-23-36(35(26-32)40(9,10)12-2)48-25-14-13-24-46(27-30-18-20-31(21-19-30)41(42,43)44)38(47)45-37-33(28(3)4)16-15-17-34(37)29(5)6/h15-23,26,28-29H,11-14,24-25,27H2,1-10H3,(H,45,47). The van der Waals surface area contributed by atoms with Gasteiger partial charge in [0.1, 0.15) is 5.75 Å². The number of carbonyl (C=O) groups is 1. The number of alkyl halides is 3. The van der Waals surface area contributed by atoms with Gasteiger partial charge in [-0.2, -0.15) is 13.2 Å². The molecular formula is C41H57F3N2O2. The van der Waals surface area contributed by atoms with Crippen molar-refractivity contribution in [1.29, 1.82) is 0 Å². The molecule has 0 saturated carbocycles. The van der Waals surface area contributed by atoms with Crippen LogP contribution in [0.1, 0.15) is 140 Å². The van der Waals surface area contributed by atoms with E-state index in [1.54, 1.807) is 4.90 Å². The summed E-state index contributed by atoms with van der Waals surface area (Å²) in [6.45, 7) is 22.9. The Balaban J connectivity index is 1.80. The highest BCUT2D eigenvalue weighted by molar-refractivity contribution is 5.91. The summed E-state index contributed by atoms with van der Waals surface area (Å²) in [5.41, 5.74) is 5.38. The lowest BCUT2D eigenvalue weighted by atomic mass is 9.76. The maximum atomic E-state index is 13.9. The van der Waals surface area contributed by atoms with Gasteiger partial charge in [-0.15, -0.1) is 0 Å². The molecule has 0 heterocycles. The molecule has 3 rings (SSSR count). The Kier molecular flexibility index (Phi) is 13.2. The molecular weight excluding hydrogens is 609 g/mol. The molecule has 0 atom stereocenters. The summed E-state index contributed by atoms with van der Waals surface area (Å²) in [7, 11) is 0.